The zero-order chi connectivity index (χ0) is 14.9. The zero-order valence-corrected chi connectivity index (χ0v) is 13.2. The van der Waals surface area contributed by atoms with Gasteiger partial charge < -0.3 is 10.5 Å². The van der Waals surface area contributed by atoms with Crippen molar-refractivity contribution < 1.29 is 9.13 Å². The summed E-state index contributed by atoms with van der Waals surface area (Å²) in [5, 5.41) is 4.32. The fourth-order valence-corrected chi connectivity index (χ4v) is 2.64. The van der Waals surface area contributed by atoms with Crippen LogP contribution in [-0.4, -0.2) is 16.9 Å². The largest absolute Gasteiger partial charge is 0.494 e. The highest BCUT2D eigenvalue weighted by atomic mass is 79.9. The summed E-state index contributed by atoms with van der Waals surface area (Å²) in [7, 11) is 3.31. The molecule has 0 bridgehead atoms. The average Bonchev–Trinajstić information content (AvgIpc) is 2.65. The first-order chi connectivity index (χ1) is 9.43. The number of rotatable bonds is 4. The van der Waals surface area contributed by atoms with Gasteiger partial charge in [-0.05, 0) is 40.5 Å². The van der Waals surface area contributed by atoms with Gasteiger partial charge in [-0.15, -0.1) is 0 Å². The minimum Gasteiger partial charge on any atom is -0.494 e. The topological polar surface area (TPSA) is 53.1 Å². The second-order valence-electron chi connectivity index (χ2n) is 4.67. The van der Waals surface area contributed by atoms with Crippen molar-refractivity contribution in [3.05, 3.63) is 45.4 Å². The van der Waals surface area contributed by atoms with Crippen LogP contribution in [0.5, 0.6) is 5.75 Å². The van der Waals surface area contributed by atoms with E-state index in [1.165, 1.54) is 13.2 Å². The molecule has 0 amide bonds. The smallest absolute Gasteiger partial charge is 0.165 e. The molecule has 2 aromatic rings. The van der Waals surface area contributed by atoms with Crippen LogP contribution >= 0.6 is 15.9 Å². The summed E-state index contributed by atoms with van der Waals surface area (Å²) in [6, 6.07) is 4.49. The van der Waals surface area contributed by atoms with Crippen molar-refractivity contribution in [2.45, 2.75) is 19.4 Å². The number of aromatic nitrogens is 2. The standard InChI is InChI=1S/C14H17BrFN3O/c1-8-14(15)12(19(2)18-8)7-11(17)9-4-5-13(20-3)10(16)6-9/h4-6,11H,7,17H2,1-3H3. The number of aryl methyl sites for hydroxylation is 2. The zero-order valence-electron chi connectivity index (χ0n) is 11.7. The molecular formula is C14H17BrFN3O. The van der Waals surface area contributed by atoms with Crippen molar-refractivity contribution in [1.82, 2.24) is 9.78 Å². The molecule has 108 valence electrons. The van der Waals surface area contributed by atoms with E-state index >= 15 is 0 Å². The van der Waals surface area contributed by atoms with Crippen LogP contribution < -0.4 is 10.5 Å². The Balaban J connectivity index is 2.23. The lowest BCUT2D eigenvalue weighted by molar-refractivity contribution is 0.386. The van der Waals surface area contributed by atoms with Gasteiger partial charge in [0.1, 0.15) is 0 Å². The van der Waals surface area contributed by atoms with Crippen molar-refractivity contribution >= 4 is 15.9 Å². The summed E-state index contributed by atoms with van der Waals surface area (Å²) in [6.45, 7) is 1.92. The number of nitrogens with zero attached hydrogens (tertiary/aromatic N) is 2. The van der Waals surface area contributed by atoms with Crippen LogP contribution in [0, 0.1) is 12.7 Å². The summed E-state index contributed by atoms with van der Waals surface area (Å²) in [5.74, 6) is -0.181. The second kappa shape index (κ2) is 5.93. The number of methoxy groups -OCH3 is 1. The van der Waals surface area contributed by atoms with Gasteiger partial charge in [-0.2, -0.15) is 5.10 Å². The molecule has 2 N–H and O–H groups in total. The van der Waals surface area contributed by atoms with E-state index in [4.69, 9.17) is 10.5 Å². The van der Waals surface area contributed by atoms with Gasteiger partial charge >= 0.3 is 0 Å². The van der Waals surface area contributed by atoms with Crippen LogP contribution in [0.4, 0.5) is 4.39 Å². The first-order valence-electron chi connectivity index (χ1n) is 6.21. The minimum absolute atomic E-state index is 0.221. The first kappa shape index (κ1) is 15.0. The quantitative estimate of drug-likeness (QED) is 0.930. The lowest BCUT2D eigenvalue weighted by Gasteiger charge is -2.14. The van der Waals surface area contributed by atoms with Gasteiger partial charge in [0.05, 0.1) is 23.0 Å². The third-order valence-corrected chi connectivity index (χ3v) is 4.31. The number of nitrogens with two attached hydrogens (primary N) is 1. The van der Waals surface area contributed by atoms with E-state index in [2.05, 4.69) is 21.0 Å². The van der Waals surface area contributed by atoms with E-state index in [-0.39, 0.29) is 11.8 Å². The summed E-state index contributed by atoms with van der Waals surface area (Å²) >= 11 is 3.51. The highest BCUT2D eigenvalue weighted by molar-refractivity contribution is 9.10. The van der Waals surface area contributed by atoms with Gasteiger partial charge in [0.15, 0.2) is 11.6 Å². The fraction of sp³-hybridized carbons (Fsp3) is 0.357. The highest BCUT2D eigenvalue weighted by Crippen LogP contribution is 2.27. The van der Waals surface area contributed by atoms with Gasteiger partial charge in [0, 0.05) is 19.5 Å². The summed E-state index contributed by atoms with van der Waals surface area (Å²) in [4.78, 5) is 0. The molecule has 1 unspecified atom stereocenters. The monoisotopic (exact) mass is 341 g/mol. The molecule has 0 fully saturated rings. The SMILES string of the molecule is COc1ccc(C(N)Cc2c(Br)c(C)nn2C)cc1F. The molecule has 20 heavy (non-hydrogen) atoms. The van der Waals surface area contributed by atoms with Crippen LogP contribution in [0.15, 0.2) is 22.7 Å². The predicted molar refractivity (Wildman–Crippen MR) is 79.2 cm³/mol. The number of hydrogen-bond donors (Lipinski definition) is 1. The molecule has 0 aliphatic heterocycles. The molecule has 1 aromatic heterocycles. The van der Waals surface area contributed by atoms with Gasteiger partial charge in [0.2, 0.25) is 0 Å². The molecule has 1 heterocycles. The molecule has 1 aromatic carbocycles. The molecule has 0 spiro atoms. The maximum Gasteiger partial charge on any atom is 0.165 e. The van der Waals surface area contributed by atoms with E-state index in [9.17, 15) is 4.39 Å². The van der Waals surface area contributed by atoms with E-state index in [1.54, 1.807) is 16.8 Å². The maximum atomic E-state index is 13.7. The predicted octanol–water partition coefficient (Wildman–Crippen LogP) is 2.88. The van der Waals surface area contributed by atoms with Crippen molar-refractivity contribution in [1.29, 1.82) is 0 Å². The molecule has 0 radical (unpaired) electrons. The Labute approximate surface area is 125 Å². The number of ether oxygens (including phenoxy) is 1. The maximum absolute atomic E-state index is 13.7. The summed E-state index contributed by atoms with van der Waals surface area (Å²) in [5.41, 5.74) is 8.80. The highest BCUT2D eigenvalue weighted by Gasteiger charge is 2.16. The van der Waals surface area contributed by atoms with E-state index in [1.807, 2.05) is 14.0 Å². The van der Waals surface area contributed by atoms with Crippen molar-refractivity contribution in [2.75, 3.05) is 7.11 Å². The Bertz CT molecular complexity index is 627. The Morgan fingerprint density at radius 1 is 1.50 bits per heavy atom. The molecule has 0 aliphatic rings. The van der Waals surface area contributed by atoms with Crippen LogP contribution in [0.1, 0.15) is 23.0 Å². The van der Waals surface area contributed by atoms with E-state index < -0.39 is 5.82 Å². The number of benzene rings is 1. The van der Waals surface area contributed by atoms with Gasteiger partial charge in [-0.3, -0.25) is 4.68 Å². The van der Waals surface area contributed by atoms with Crippen molar-refractivity contribution in [2.24, 2.45) is 12.8 Å². The third-order valence-electron chi connectivity index (χ3n) is 3.28. The lowest BCUT2D eigenvalue weighted by Crippen LogP contribution is -2.16. The normalized spacial score (nSPS) is 12.5. The van der Waals surface area contributed by atoms with Gasteiger partial charge in [0.25, 0.3) is 0 Å². The van der Waals surface area contributed by atoms with E-state index in [0.29, 0.717) is 6.42 Å². The average molecular weight is 342 g/mol. The molecular weight excluding hydrogens is 325 g/mol. The minimum atomic E-state index is -0.402. The first-order valence-corrected chi connectivity index (χ1v) is 7.00. The van der Waals surface area contributed by atoms with Crippen LogP contribution in [0.3, 0.4) is 0 Å². The molecule has 1 atom stereocenters. The summed E-state index contributed by atoms with van der Waals surface area (Å²) < 4.78 is 21.3. The van der Waals surface area contributed by atoms with Crippen molar-refractivity contribution in [3.8, 4) is 5.75 Å². The number of halogens is 2. The van der Waals surface area contributed by atoms with Gasteiger partial charge in [-0.1, -0.05) is 6.07 Å². The van der Waals surface area contributed by atoms with E-state index in [0.717, 1.165) is 21.4 Å². The van der Waals surface area contributed by atoms with Crippen LogP contribution in [-0.2, 0) is 13.5 Å². The Morgan fingerprint density at radius 3 is 2.70 bits per heavy atom. The summed E-state index contributed by atoms with van der Waals surface area (Å²) in [6.07, 6.45) is 0.573. The van der Waals surface area contributed by atoms with Crippen LogP contribution in [0.2, 0.25) is 0 Å². The molecule has 0 saturated carbocycles. The second-order valence-corrected chi connectivity index (χ2v) is 5.47. The number of hydrogen-bond acceptors (Lipinski definition) is 3. The molecule has 0 saturated heterocycles. The third kappa shape index (κ3) is 2.86. The Morgan fingerprint density at radius 2 is 2.20 bits per heavy atom. The molecule has 2 rings (SSSR count). The van der Waals surface area contributed by atoms with Gasteiger partial charge in [-0.25, -0.2) is 4.39 Å². The molecule has 4 nitrogen and oxygen atoms in total. The fourth-order valence-electron chi connectivity index (χ4n) is 2.14. The van der Waals surface area contributed by atoms with Crippen molar-refractivity contribution in [3.63, 3.8) is 0 Å². The van der Waals surface area contributed by atoms with Crippen LogP contribution in [0.25, 0.3) is 0 Å². The molecule has 0 aliphatic carbocycles. The Hall–Kier alpha value is -1.40. The lowest BCUT2D eigenvalue weighted by atomic mass is 10.0. The molecule has 6 heteroatoms. The Kier molecular flexibility index (Phi) is 4.45.